The van der Waals surface area contributed by atoms with Crippen molar-refractivity contribution in [2.75, 3.05) is 5.73 Å². The van der Waals surface area contributed by atoms with Gasteiger partial charge in [0.1, 0.15) is 12.3 Å². The first-order chi connectivity index (χ1) is 10.1. The van der Waals surface area contributed by atoms with Gasteiger partial charge in [-0.25, -0.2) is 4.79 Å². The fourth-order valence-corrected chi connectivity index (χ4v) is 2.08. The summed E-state index contributed by atoms with van der Waals surface area (Å²) in [4.78, 5) is 12.1. The van der Waals surface area contributed by atoms with Crippen LogP contribution in [0.1, 0.15) is 35.0 Å². The maximum absolute atomic E-state index is 12.1. The van der Waals surface area contributed by atoms with Crippen LogP contribution in [0.3, 0.4) is 0 Å². The number of anilines is 1. The summed E-state index contributed by atoms with van der Waals surface area (Å²) in [6.45, 7) is 2.87. The minimum atomic E-state index is -0.414. The minimum absolute atomic E-state index is 0.131. The van der Waals surface area contributed by atoms with E-state index in [4.69, 9.17) is 15.7 Å². The Kier molecular flexibility index (Phi) is 4.62. The lowest BCUT2D eigenvalue weighted by Crippen LogP contribution is -2.11. The van der Waals surface area contributed by atoms with Gasteiger partial charge in [-0.05, 0) is 30.2 Å². The predicted molar refractivity (Wildman–Crippen MR) is 79.4 cm³/mol. The number of nitriles is 1. The highest BCUT2D eigenvalue weighted by atomic mass is 16.5. The van der Waals surface area contributed by atoms with Gasteiger partial charge in [-0.1, -0.05) is 19.1 Å². The second-order valence-electron chi connectivity index (χ2n) is 4.74. The molecule has 2 N–H and O–H groups in total. The minimum Gasteiger partial charge on any atom is -0.456 e. The molecule has 0 radical (unpaired) electrons. The molecular formula is C16H17N3O2. The lowest BCUT2D eigenvalue weighted by atomic mass is 10.1. The number of benzene rings is 1. The molecule has 5 heteroatoms. The van der Waals surface area contributed by atoms with Gasteiger partial charge in [0.2, 0.25) is 0 Å². The van der Waals surface area contributed by atoms with Crippen molar-refractivity contribution in [2.45, 2.75) is 26.5 Å². The van der Waals surface area contributed by atoms with Gasteiger partial charge < -0.3 is 15.0 Å². The van der Waals surface area contributed by atoms with Gasteiger partial charge in [0, 0.05) is 12.7 Å². The van der Waals surface area contributed by atoms with E-state index >= 15 is 0 Å². The summed E-state index contributed by atoms with van der Waals surface area (Å²) in [6.07, 6.45) is 2.63. The topological polar surface area (TPSA) is 81.0 Å². The number of hydrogen-bond donors (Lipinski definition) is 1. The van der Waals surface area contributed by atoms with Gasteiger partial charge in [-0.15, -0.1) is 0 Å². The van der Waals surface area contributed by atoms with E-state index in [0.717, 1.165) is 12.0 Å². The van der Waals surface area contributed by atoms with E-state index in [1.807, 2.05) is 13.0 Å². The number of carbonyl (C=O) groups is 1. The molecule has 0 fully saturated rings. The Morgan fingerprint density at radius 3 is 2.95 bits per heavy atom. The van der Waals surface area contributed by atoms with Crippen molar-refractivity contribution >= 4 is 11.7 Å². The molecule has 1 heterocycles. The Balaban J connectivity index is 2.06. The number of rotatable bonds is 5. The van der Waals surface area contributed by atoms with Crippen LogP contribution in [0.15, 0.2) is 36.5 Å². The van der Waals surface area contributed by atoms with Crippen molar-refractivity contribution in [3.05, 3.63) is 53.3 Å². The normalized spacial score (nSPS) is 10.1. The van der Waals surface area contributed by atoms with Crippen molar-refractivity contribution in [2.24, 2.45) is 0 Å². The van der Waals surface area contributed by atoms with E-state index in [2.05, 4.69) is 6.07 Å². The molecule has 0 saturated heterocycles. The summed E-state index contributed by atoms with van der Waals surface area (Å²) in [5, 5.41) is 8.84. The highest BCUT2D eigenvalue weighted by Crippen LogP contribution is 2.14. The van der Waals surface area contributed by atoms with E-state index in [9.17, 15) is 4.79 Å². The number of nitrogens with zero attached hydrogens (tertiary/aromatic N) is 2. The molecule has 0 amide bonds. The number of hydrogen-bond acceptors (Lipinski definition) is 4. The molecule has 0 bridgehead atoms. The summed E-state index contributed by atoms with van der Waals surface area (Å²) in [7, 11) is 0. The zero-order chi connectivity index (χ0) is 15.2. The third-order valence-corrected chi connectivity index (χ3v) is 3.02. The lowest BCUT2D eigenvalue weighted by molar-refractivity contribution is 0.0460. The standard InChI is InChI=1S/C16H17N3O2/c1-2-6-19-10-14(18)8-15(19)16(20)21-11-13-5-3-4-12(7-13)9-17/h3-5,7-8,10H,2,6,11,18H2,1H3. The van der Waals surface area contributed by atoms with Crippen LogP contribution in [0.4, 0.5) is 5.69 Å². The summed E-state index contributed by atoms with van der Waals surface area (Å²) in [5.74, 6) is -0.414. The van der Waals surface area contributed by atoms with Crippen molar-refractivity contribution in [1.82, 2.24) is 4.57 Å². The van der Waals surface area contributed by atoms with E-state index in [0.29, 0.717) is 23.5 Å². The molecule has 1 aromatic heterocycles. The largest absolute Gasteiger partial charge is 0.456 e. The van der Waals surface area contributed by atoms with Crippen LogP contribution in [0, 0.1) is 11.3 Å². The Morgan fingerprint density at radius 2 is 2.24 bits per heavy atom. The first-order valence-electron chi connectivity index (χ1n) is 6.76. The van der Waals surface area contributed by atoms with Crippen molar-refractivity contribution in [3.63, 3.8) is 0 Å². The smallest absolute Gasteiger partial charge is 0.355 e. The first-order valence-corrected chi connectivity index (χ1v) is 6.76. The summed E-state index contributed by atoms with van der Waals surface area (Å²) >= 11 is 0. The number of esters is 1. The molecule has 108 valence electrons. The Morgan fingerprint density at radius 1 is 1.43 bits per heavy atom. The molecule has 0 atom stereocenters. The van der Waals surface area contributed by atoms with Gasteiger partial charge >= 0.3 is 5.97 Å². The van der Waals surface area contributed by atoms with Crippen LogP contribution in [0.2, 0.25) is 0 Å². The van der Waals surface area contributed by atoms with Crippen molar-refractivity contribution in [1.29, 1.82) is 5.26 Å². The second-order valence-corrected chi connectivity index (χ2v) is 4.74. The van der Waals surface area contributed by atoms with E-state index < -0.39 is 5.97 Å². The molecule has 0 spiro atoms. The molecule has 0 saturated carbocycles. The van der Waals surface area contributed by atoms with Crippen LogP contribution in [-0.4, -0.2) is 10.5 Å². The Bertz CT molecular complexity index is 683. The fourth-order valence-electron chi connectivity index (χ4n) is 2.08. The number of carbonyl (C=O) groups excluding carboxylic acids is 1. The third-order valence-electron chi connectivity index (χ3n) is 3.02. The zero-order valence-corrected chi connectivity index (χ0v) is 11.9. The molecule has 0 unspecified atom stereocenters. The quantitative estimate of drug-likeness (QED) is 0.855. The summed E-state index contributed by atoms with van der Waals surface area (Å²) in [5.41, 5.74) is 8.05. The van der Waals surface area contributed by atoms with Gasteiger partial charge in [0.05, 0.1) is 17.3 Å². The van der Waals surface area contributed by atoms with Gasteiger partial charge in [0.25, 0.3) is 0 Å². The van der Waals surface area contributed by atoms with Crippen LogP contribution in [-0.2, 0) is 17.9 Å². The van der Waals surface area contributed by atoms with Crippen molar-refractivity contribution < 1.29 is 9.53 Å². The van der Waals surface area contributed by atoms with Crippen LogP contribution in [0.25, 0.3) is 0 Å². The first kappa shape index (κ1) is 14.7. The maximum atomic E-state index is 12.1. The number of nitrogens with two attached hydrogens (primary N) is 1. The number of nitrogen functional groups attached to an aromatic ring is 1. The average molecular weight is 283 g/mol. The summed E-state index contributed by atoms with van der Waals surface area (Å²) in [6, 6.07) is 10.7. The number of aryl methyl sites for hydroxylation is 1. The molecule has 2 rings (SSSR count). The van der Waals surface area contributed by atoms with Gasteiger partial charge in [-0.3, -0.25) is 0 Å². The molecule has 5 nitrogen and oxygen atoms in total. The predicted octanol–water partition coefficient (Wildman–Crippen LogP) is 2.71. The number of aromatic nitrogens is 1. The zero-order valence-electron chi connectivity index (χ0n) is 11.9. The van der Waals surface area contributed by atoms with Crippen LogP contribution >= 0.6 is 0 Å². The van der Waals surface area contributed by atoms with E-state index in [1.165, 1.54) is 0 Å². The molecule has 0 aliphatic rings. The lowest BCUT2D eigenvalue weighted by Gasteiger charge is -2.08. The molecule has 2 aromatic rings. The molecule has 0 aliphatic heterocycles. The highest BCUT2D eigenvalue weighted by Gasteiger charge is 2.14. The van der Waals surface area contributed by atoms with Crippen molar-refractivity contribution in [3.8, 4) is 6.07 Å². The molecular weight excluding hydrogens is 266 g/mol. The Labute approximate surface area is 123 Å². The fraction of sp³-hybridized carbons (Fsp3) is 0.250. The van der Waals surface area contributed by atoms with Gasteiger partial charge in [0.15, 0.2) is 0 Å². The molecule has 21 heavy (non-hydrogen) atoms. The third kappa shape index (κ3) is 3.63. The average Bonchev–Trinajstić information content (AvgIpc) is 2.86. The monoisotopic (exact) mass is 283 g/mol. The highest BCUT2D eigenvalue weighted by molar-refractivity contribution is 5.89. The number of ether oxygens (including phenoxy) is 1. The van der Waals surface area contributed by atoms with Gasteiger partial charge in [-0.2, -0.15) is 5.26 Å². The summed E-state index contributed by atoms with van der Waals surface area (Å²) < 4.78 is 7.08. The molecule has 0 aliphatic carbocycles. The van der Waals surface area contributed by atoms with E-state index in [-0.39, 0.29) is 6.61 Å². The van der Waals surface area contributed by atoms with Crippen LogP contribution < -0.4 is 5.73 Å². The van der Waals surface area contributed by atoms with Crippen LogP contribution in [0.5, 0.6) is 0 Å². The van der Waals surface area contributed by atoms with E-state index in [1.54, 1.807) is 35.0 Å². The maximum Gasteiger partial charge on any atom is 0.355 e. The molecule has 1 aromatic carbocycles. The Hall–Kier alpha value is -2.74. The second kappa shape index (κ2) is 6.62. The SMILES string of the molecule is CCCn1cc(N)cc1C(=O)OCc1cccc(C#N)c1.